The molecule has 0 amide bonds. The molecule has 0 aliphatic carbocycles. The molecule has 0 saturated carbocycles. The lowest BCUT2D eigenvalue weighted by Crippen LogP contribution is -2.67. The molecular formula is C32H41NO12. The van der Waals surface area contributed by atoms with Gasteiger partial charge in [0.2, 0.25) is 0 Å². The van der Waals surface area contributed by atoms with Crippen molar-refractivity contribution in [1.82, 2.24) is 0 Å². The molecule has 2 aliphatic heterocycles. The third-order valence-electron chi connectivity index (χ3n) is 7.35. The molecule has 2 aliphatic rings. The maximum Gasteiger partial charge on any atom is 0.303 e. The van der Waals surface area contributed by atoms with Crippen molar-refractivity contribution in [3.8, 4) is 0 Å². The molecule has 246 valence electrons. The lowest BCUT2D eigenvalue weighted by atomic mass is 9.95. The van der Waals surface area contributed by atoms with Crippen LogP contribution in [0.1, 0.15) is 38.8 Å². The van der Waals surface area contributed by atoms with E-state index in [4.69, 9.17) is 43.6 Å². The highest BCUT2D eigenvalue weighted by Gasteiger charge is 2.53. The van der Waals surface area contributed by atoms with E-state index in [-0.39, 0.29) is 19.8 Å². The summed E-state index contributed by atoms with van der Waals surface area (Å²) in [6, 6.07) is 17.7. The first kappa shape index (κ1) is 34.4. The van der Waals surface area contributed by atoms with Crippen LogP contribution in [0.4, 0.5) is 0 Å². The molecule has 45 heavy (non-hydrogen) atoms. The van der Waals surface area contributed by atoms with Crippen molar-refractivity contribution in [2.24, 2.45) is 5.73 Å². The standard InChI is InChI=1S/C32H41NO12/c1-18-26(45-32-25(33)28(43-21(4)36)27(42-20(3)35)24(44-32)17-38-19(2)34)29(39-15-22-11-7-5-8-12-22)30(31(37)41-18)40-16-23-13-9-6-10-14-23/h5-14,18,24-32,37H,15-17,33H2,1-4H3/t18-,24-,25-,26-,27-,28-,29+,30-,31+,32+/m1/s1. The maximum atomic E-state index is 12.1. The third-order valence-corrected chi connectivity index (χ3v) is 7.35. The van der Waals surface area contributed by atoms with Crippen LogP contribution >= 0.6 is 0 Å². The molecule has 0 aromatic heterocycles. The average Bonchev–Trinajstić information content (AvgIpc) is 3.00. The molecule has 2 fully saturated rings. The molecule has 0 spiro atoms. The number of hydrogen-bond acceptors (Lipinski definition) is 13. The van der Waals surface area contributed by atoms with Gasteiger partial charge in [-0.2, -0.15) is 0 Å². The predicted octanol–water partition coefficient (Wildman–Crippen LogP) is 1.76. The van der Waals surface area contributed by atoms with Crippen molar-refractivity contribution in [1.29, 1.82) is 0 Å². The normalized spacial score (nSPS) is 31.5. The van der Waals surface area contributed by atoms with Crippen molar-refractivity contribution in [3.63, 3.8) is 0 Å². The Balaban J connectivity index is 1.62. The van der Waals surface area contributed by atoms with Crippen molar-refractivity contribution >= 4 is 17.9 Å². The van der Waals surface area contributed by atoms with E-state index in [0.717, 1.165) is 11.1 Å². The summed E-state index contributed by atoms with van der Waals surface area (Å²) in [7, 11) is 0. The first-order valence-electron chi connectivity index (χ1n) is 14.7. The Morgan fingerprint density at radius 1 is 0.733 bits per heavy atom. The van der Waals surface area contributed by atoms with Gasteiger partial charge in [-0.15, -0.1) is 0 Å². The monoisotopic (exact) mass is 631 g/mol. The van der Waals surface area contributed by atoms with Gasteiger partial charge in [0.1, 0.15) is 31.0 Å². The molecular weight excluding hydrogens is 590 g/mol. The smallest absolute Gasteiger partial charge is 0.303 e. The molecule has 4 rings (SSSR count). The van der Waals surface area contributed by atoms with Crippen molar-refractivity contribution in [3.05, 3.63) is 71.8 Å². The Labute approximate surface area is 261 Å². The largest absolute Gasteiger partial charge is 0.463 e. The van der Waals surface area contributed by atoms with Gasteiger partial charge in [0, 0.05) is 20.8 Å². The minimum absolute atomic E-state index is 0.153. The van der Waals surface area contributed by atoms with Crippen LogP contribution in [0.3, 0.4) is 0 Å². The zero-order valence-electron chi connectivity index (χ0n) is 25.7. The van der Waals surface area contributed by atoms with E-state index < -0.39 is 79.3 Å². The van der Waals surface area contributed by atoms with Crippen LogP contribution in [0, 0.1) is 0 Å². The number of rotatable bonds is 12. The Morgan fingerprint density at radius 2 is 1.27 bits per heavy atom. The number of esters is 3. The summed E-state index contributed by atoms with van der Waals surface area (Å²) >= 11 is 0. The fourth-order valence-corrected chi connectivity index (χ4v) is 5.29. The predicted molar refractivity (Wildman–Crippen MR) is 156 cm³/mol. The van der Waals surface area contributed by atoms with Crippen LogP contribution in [0.5, 0.6) is 0 Å². The number of aliphatic hydroxyl groups excluding tert-OH is 1. The van der Waals surface area contributed by atoms with Gasteiger partial charge in [0.15, 0.2) is 24.8 Å². The topological polar surface area (TPSA) is 171 Å². The second-order valence-corrected chi connectivity index (χ2v) is 10.9. The number of nitrogens with two attached hydrogens (primary N) is 1. The number of benzene rings is 2. The Hall–Kier alpha value is -3.43. The molecule has 3 N–H and O–H groups in total. The number of hydrogen-bond donors (Lipinski definition) is 2. The lowest BCUT2D eigenvalue weighted by Gasteiger charge is -2.48. The highest BCUT2D eigenvalue weighted by atomic mass is 16.7. The SMILES string of the molecule is CC(=O)OC[C@H]1O[C@@H](O[C@H]2[C@H](OCc3ccccc3)[C@@H](OCc3ccccc3)[C@@H](O)O[C@@H]2C)[C@H](N)[C@@H](OC(C)=O)[C@@H]1OC(C)=O. The molecule has 10 atom stereocenters. The lowest BCUT2D eigenvalue weighted by molar-refractivity contribution is -0.346. The van der Waals surface area contributed by atoms with Gasteiger partial charge < -0.3 is 48.7 Å². The first-order valence-corrected chi connectivity index (χ1v) is 14.7. The fourth-order valence-electron chi connectivity index (χ4n) is 5.29. The number of carbonyl (C=O) groups excluding carboxylic acids is 3. The number of carbonyl (C=O) groups is 3. The summed E-state index contributed by atoms with van der Waals surface area (Å²) in [4.78, 5) is 35.7. The molecule has 13 nitrogen and oxygen atoms in total. The van der Waals surface area contributed by atoms with E-state index in [1.165, 1.54) is 20.8 Å². The molecule has 2 aromatic carbocycles. The van der Waals surface area contributed by atoms with Gasteiger partial charge >= 0.3 is 17.9 Å². The van der Waals surface area contributed by atoms with Crippen LogP contribution in [0.25, 0.3) is 0 Å². The summed E-state index contributed by atoms with van der Waals surface area (Å²) in [5, 5.41) is 11.0. The molecule has 0 bridgehead atoms. The van der Waals surface area contributed by atoms with Gasteiger partial charge in [-0.25, -0.2) is 0 Å². The van der Waals surface area contributed by atoms with E-state index in [1.54, 1.807) is 6.92 Å². The van der Waals surface area contributed by atoms with Crippen LogP contribution in [0.15, 0.2) is 60.7 Å². The van der Waals surface area contributed by atoms with E-state index in [9.17, 15) is 19.5 Å². The quantitative estimate of drug-likeness (QED) is 0.257. The molecule has 13 heteroatoms. The molecule has 0 unspecified atom stereocenters. The molecule has 2 aromatic rings. The Bertz CT molecular complexity index is 1250. The van der Waals surface area contributed by atoms with E-state index in [2.05, 4.69) is 0 Å². The van der Waals surface area contributed by atoms with E-state index >= 15 is 0 Å². The summed E-state index contributed by atoms with van der Waals surface area (Å²) < 4.78 is 47.0. The fraction of sp³-hybridized carbons (Fsp3) is 0.531. The summed E-state index contributed by atoms with van der Waals surface area (Å²) in [5.74, 6) is -1.97. The summed E-state index contributed by atoms with van der Waals surface area (Å²) in [6.45, 7) is 5.24. The average molecular weight is 632 g/mol. The van der Waals surface area contributed by atoms with Crippen molar-refractivity contribution in [2.45, 2.75) is 102 Å². The van der Waals surface area contributed by atoms with Gasteiger partial charge in [-0.05, 0) is 18.1 Å². The Morgan fingerprint density at radius 3 is 1.80 bits per heavy atom. The second-order valence-electron chi connectivity index (χ2n) is 10.9. The molecule has 2 heterocycles. The third kappa shape index (κ3) is 9.53. The minimum Gasteiger partial charge on any atom is -0.463 e. The molecule has 0 radical (unpaired) electrons. The van der Waals surface area contributed by atoms with E-state index in [1.807, 2.05) is 60.7 Å². The Kier molecular flexibility index (Phi) is 12.4. The highest BCUT2D eigenvalue weighted by Crippen LogP contribution is 2.33. The second kappa shape index (κ2) is 16.2. The van der Waals surface area contributed by atoms with Crippen LogP contribution in [0.2, 0.25) is 0 Å². The van der Waals surface area contributed by atoms with Gasteiger partial charge in [-0.1, -0.05) is 60.7 Å². The van der Waals surface area contributed by atoms with Crippen molar-refractivity contribution < 1.29 is 57.4 Å². The van der Waals surface area contributed by atoms with Gasteiger partial charge in [0.05, 0.1) is 25.4 Å². The number of aliphatic hydroxyl groups is 1. The molecule has 2 saturated heterocycles. The van der Waals surface area contributed by atoms with Crippen molar-refractivity contribution in [2.75, 3.05) is 6.61 Å². The van der Waals surface area contributed by atoms with Crippen LogP contribution in [-0.4, -0.2) is 91.0 Å². The summed E-state index contributed by atoms with van der Waals surface area (Å²) in [6.07, 6.45) is -9.73. The minimum atomic E-state index is -1.36. The zero-order chi connectivity index (χ0) is 32.5. The van der Waals surface area contributed by atoms with E-state index in [0.29, 0.717) is 0 Å². The highest BCUT2D eigenvalue weighted by molar-refractivity contribution is 5.68. The summed E-state index contributed by atoms with van der Waals surface area (Å²) in [5.41, 5.74) is 8.28. The van der Waals surface area contributed by atoms with Gasteiger partial charge in [0.25, 0.3) is 0 Å². The van der Waals surface area contributed by atoms with Crippen LogP contribution < -0.4 is 5.73 Å². The van der Waals surface area contributed by atoms with Crippen LogP contribution in [-0.2, 0) is 65.5 Å². The number of ether oxygens (including phenoxy) is 8. The first-order chi connectivity index (χ1) is 21.5. The maximum absolute atomic E-state index is 12.1. The zero-order valence-corrected chi connectivity index (χ0v) is 25.7. The van der Waals surface area contributed by atoms with Gasteiger partial charge in [-0.3, -0.25) is 14.4 Å².